The molecule has 0 aromatic heterocycles. The zero-order valence-corrected chi connectivity index (χ0v) is 14.4. The molecule has 0 bridgehead atoms. The van der Waals surface area contributed by atoms with Crippen molar-refractivity contribution in [2.24, 2.45) is 5.10 Å². The van der Waals surface area contributed by atoms with Gasteiger partial charge < -0.3 is 10.1 Å². The Morgan fingerprint density at radius 3 is 2.56 bits per heavy atom. The van der Waals surface area contributed by atoms with E-state index in [1.807, 2.05) is 5.43 Å². The van der Waals surface area contributed by atoms with Gasteiger partial charge in [0.05, 0.1) is 23.4 Å². The number of amides is 2. The van der Waals surface area contributed by atoms with Crippen LogP contribution in [0.1, 0.15) is 5.56 Å². The summed E-state index contributed by atoms with van der Waals surface area (Å²) in [7, 11) is 1.45. The molecular formula is C16H12Cl2FN3O3. The molecule has 0 atom stereocenters. The Hall–Kier alpha value is -2.64. The van der Waals surface area contributed by atoms with Crippen molar-refractivity contribution in [3.63, 3.8) is 0 Å². The quantitative estimate of drug-likeness (QED) is 0.483. The van der Waals surface area contributed by atoms with Crippen LogP contribution >= 0.6 is 23.2 Å². The third-order valence-electron chi connectivity index (χ3n) is 2.98. The Morgan fingerprint density at radius 1 is 1.16 bits per heavy atom. The summed E-state index contributed by atoms with van der Waals surface area (Å²) in [6, 6.07) is 8.56. The highest BCUT2D eigenvalue weighted by Crippen LogP contribution is 2.27. The van der Waals surface area contributed by atoms with Crippen LogP contribution in [-0.2, 0) is 9.59 Å². The Morgan fingerprint density at radius 2 is 1.92 bits per heavy atom. The zero-order valence-electron chi connectivity index (χ0n) is 12.8. The van der Waals surface area contributed by atoms with Crippen molar-refractivity contribution in [2.75, 3.05) is 12.4 Å². The summed E-state index contributed by atoms with van der Waals surface area (Å²) >= 11 is 11.7. The van der Waals surface area contributed by atoms with E-state index in [0.29, 0.717) is 11.4 Å². The lowest BCUT2D eigenvalue weighted by atomic mass is 10.2. The molecule has 0 unspecified atom stereocenters. The minimum Gasteiger partial charge on any atom is -0.495 e. The van der Waals surface area contributed by atoms with Gasteiger partial charge in [-0.3, -0.25) is 9.59 Å². The van der Waals surface area contributed by atoms with Gasteiger partial charge in [-0.1, -0.05) is 29.3 Å². The van der Waals surface area contributed by atoms with E-state index in [4.69, 9.17) is 27.9 Å². The normalized spacial score (nSPS) is 10.6. The predicted octanol–water partition coefficient (Wildman–Crippen LogP) is 3.23. The summed E-state index contributed by atoms with van der Waals surface area (Å²) in [5.74, 6) is -2.20. The first-order valence-corrected chi connectivity index (χ1v) is 7.60. The average molecular weight is 384 g/mol. The van der Waals surface area contributed by atoms with Crippen LogP contribution in [0, 0.1) is 5.82 Å². The number of hydrogen-bond acceptors (Lipinski definition) is 4. The number of carbonyl (C=O) groups is 2. The van der Waals surface area contributed by atoms with Gasteiger partial charge >= 0.3 is 11.8 Å². The lowest BCUT2D eigenvalue weighted by Gasteiger charge is -2.07. The van der Waals surface area contributed by atoms with E-state index in [1.54, 1.807) is 0 Å². The summed E-state index contributed by atoms with van der Waals surface area (Å²) in [5, 5.41) is 6.25. The second-order valence-electron chi connectivity index (χ2n) is 4.64. The minimum absolute atomic E-state index is 0.00758. The van der Waals surface area contributed by atoms with Gasteiger partial charge in [0.1, 0.15) is 11.6 Å². The number of ether oxygens (including phenoxy) is 1. The van der Waals surface area contributed by atoms with Gasteiger partial charge in [-0.25, -0.2) is 9.82 Å². The fourth-order valence-corrected chi connectivity index (χ4v) is 2.24. The third kappa shape index (κ3) is 4.91. The van der Waals surface area contributed by atoms with Crippen molar-refractivity contribution in [3.05, 3.63) is 57.8 Å². The molecule has 2 N–H and O–H groups in total. The van der Waals surface area contributed by atoms with Crippen LogP contribution in [0.5, 0.6) is 5.75 Å². The number of benzene rings is 2. The summed E-state index contributed by atoms with van der Waals surface area (Å²) in [6.07, 6.45) is 1.01. The number of rotatable bonds is 4. The summed E-state index contributed by atoms with van der Waals surface area (Å²) in [6.45, 7) is 0. The van der Waals surface area contributed by atoms with E-state index < -0.39 is 17.6 Å². The van der Waals surface area contributed by atoms with Crippen LogP contribution in [0.25, 0.3) is 0 Å². The Bertz CT molecular complexity index is 823. The first-order chi connectivity index (χ1) is 11.9. The number of hydrogen-bond donors (Lipinski definition) is 2. The first kappa shape index (κ1) is 18.7. The second-order valence-corrected chi connectivity index (χ2v) is 5.45. The molecule has 2 aromatic rings. The highest BCUT2D eigenvalue weighted by Gasteiger charge is 2.14. The molecule has 6 nitrogen and oxygen atoms in total. The van der Waals surface area contributed by atoms with Crippen LogP contribution in [0.15, 0.2) is 41.5 Å². The Labute approximate surface area is 152 Å². The van der Waals surface area contributed by atoms with Crippen LogP contribution in [0.4, 0.5) is 10.1 Å². The Balaban J connectivity index is 1.98. The molecule has 2 amide bonds. The molecule has 0 saturated heterocycles. The highest BCUT2D eigenvalue weighted by atomic mass is 35.5. The predicted molar refractivity (Wildman–Crippen MR) is 93.8 cm³/mol. The lowest BCUT2D eigenvalue weighted by molar-refractivity contribution is -0.136. The van der Waals surface area contributed by atoms with Gasteiger partial charge in [0.25, 0.3) is 0 Å². The van der Waals surface area contributed by atoms with Gasteiger partial charge in [-0.15, -0.1) is 0 Å². The van der Waals surface area contributed by atoms with E-state index in [-0.39, 0.29) is 15.6 Å². The number of anilines is 1. The number of methoxy groups -OCH3 is 1. The van der Waals surface area contributed by atoms with Gasteiger partial charge in [-0.05, 0) is 30.3 Å². The molecule has 0 spiro atoms. The highest BCUT2D eigenvalue weighted by molar-refractivity contribution is 6.40. The van der Waals surface area contributed by atoms with Gasteiger partial charge in [-0.2, -0.15) is 5.10 Å². The maximum Gasteiger partial charge on any atom is 0.329 e. The smallest absolute Gasteiger partial charge is 0.329 e. The third-order valence-corrected chi connectivity index (χ3v) is 3.60. The molecule has 0 radical (unpaired) electrons. The number of hydrazone groups is 1. The van der Waals surface area contributed by atoms with Crippen molar-refractivity contribution in [1.29, 1.82) is 0 Å². The molecule has 0 saturated carbocycles. The van der Waals surface area contributed by atoms with E-state index in [1.165, 1.54) is 43.5 Å². The van der Waals surface area contributed by atoms with E-state index >= 15 is 0 Å². The van der Waals surface area contributed by atoms with Gasteiger partial charge in [0.15, 0.2) is 0 Å². The molecule has 0 aliphatic rings. The topological polar surface area (TPSA) is 79.8 Å². The molecule has 0 heterocycles. The summed E-state index contributed by atoms with van der Waals surface area (Å²) in [5.41, 5.74) is 2.27. The van der Waals surface area contributed by atoms with Crippen molar-refractivity contribution in [2.45, 2.75) is 0 Å². The first-order valence-electron chi connectivity index (χ1n) is 6.84. The fourth-order valence-electron chi connectivity index (χ4n) is 1.77. The number of carbonyl (C=O) groups excluding carboxylic acids is 2. The number of nitrogens with zero attached hydrogens (tertiary/aromatic N) is 1. The van der Waals surface area contributed by atoms with Crippen LogP contribution < -0.4 is 15.5 Å². The molecule has 0 aliphatic carbocycles. The fraction of sp³-hybridized carbons (Fsp3) is 0.0625. The summed E-state index contributed by atoms with van der Waals surface area (Å²) in [4.78, 5) is 23.5. The average Bonchev–Trinajstić information content (AvgIpc) is 2.57. The molecule has 25 heavy (non-hydrogen) atoms. The molecule has 2 rings (SSSR count). The lowest BCUT2D eigenvalue weighted by Crippen LogP contribution is -2.32. The van der Waals surface area contributed by atoms with Crippen molar-refractivity contribution < 1.29 is 18.7 Å². The molecule has 0 fully saturated rings. The van der Waals surface area contributed by atoms with Gasteiger partial charge in [0.2, 0.25) is 0 Å². The van der Waals surface area contributed by atoms with Crippen LogP contribution in [0.3, 0.4) is 0 Å². The maximum absolute atomic E-state index is 13.5. The minimum atomic E-state index is -1.05. The zero-order chi connectivity index (χ0) is 18.4. The Kier molecular flexibility index (Phi) is 6.32. The SMILES string of the molecule is COc1ccc(NC(=O)C(=O)N/N=C/c2c(F)cccc2Cl)cc1Cl. The van der Waals surface area contributed by atoms with E-state index in [2.05, 4.69) is 10.4 Å². The molecule has 130 valence electrons. The second kappa shape index (κ2) is 8.46. The monoisotopic (exact) mass is 383 g/mol. The molecular weight excluding hydrogens is 372 g/mol. The molecule has 9 heteroatoms. The number of halogens is 3. The molecule has 2 aromatic carbocycles. The largest absolute Gasteiger partial charge is 0.495 e. The van der Waals surface area contributed by atoms with Gasteiger partial charge in [0, 0.05) is 11.3 Å². The van der Waals surface area contributed by atoms with Crippen molar-refractivity contribution in [3.8, 4) is 5.75 Å². The van der Waals surface area contributed by atoms with Crippen molar-refractivity contribution in [1.82, 2.24) is 5.43 Å². The van der Waals surface area contributed by atoms with Crippen molar-refractivity contribution >= 4 is 46.9 Å². The molecule has 0 aliphatic heterocycles. The maximum atomic E-state index is 13.5. The van der Waals surface area contributed by atoms with Crippen LogP contribution in [-0.4, -0.2) is 25.1 Å². The summed E-state index contributed by atoms with van der Waals surface area (Å²) < 4.78 is 18.5. The number of nitrogens with one attached hydrogen (secondary N) is 2. The van der Waals surface area contributed by atoms with E-state index in [0.717, 1.165) is 6.21 Å². The van der Waals surface area contributed by atoms with Crippen LogP contribution in [0.2, 0.25) is 10.0 Å². The standard InChI is InChI=1S/C16H12Cl2FN3O3/c1-25-14-6-5-9(7-12(14)18)21-15(23)16(24)22-20-8-10-11(17)3-2-4-13(10)19/h2-8H,1H3,(H,21,23)(H,22,24)/b20-8+. The van der Waals surface area contributed by atoms with E-state index in [9.17, 15) is 14.0 Å².